The zero-order valence-electron chi connectivity index (χ0n) is 11.0. The molecular formula is C13H19NO3S. The van der Waals surface area contributed by atoms with Crippen LogP contribution in [0.15, 0.2) is 30.3 Å². The summed E-state index contributed by atoms with van der Waals surface area (Å²) in [7, 11) is -1.70. The highest BCUT2D eigenvalue weighted by Gasteiger charge is 2.28. The Bertz CT molecular complexity index is 496. The Kier molecular flexibility index (Phi) is 4.90. The maximum Gasteiger partial charge on any atom is 0.240 e. The van der Waals surface area contributed by atoms with Crippen molar-refractivity contribution in [1.82, 2.24) is 4.90 Å². The van der Waals surface area contributed by atoms with Gasteiger partial charge in [-0.2, -0.15) is 0 Å². The van der Waals surface area contributed by atoms with E-state index in [9.17, 15) is 13.2 Å². The lowest BCUT2D eigenvalue weighted by Gasteiger charge is -2.21. The fraction of sp³-hybridized carbons (Fsp3) is 0.462. The first-order chi connectivity index (χ1) is 8.38. The van der Waals surface area contributed by atoms with Gasteiger partial charge < -0.3 is 4.90 Å². The third-order valence-corrected chi connectivity index (χ3v) is 5.01. The second-order valence-corrected chi connectivity index (χ2v) is 6.88. The molecule has 1 amide bonds. The lowest BCUT2D eigenvalue weighted by atomic mass is 10.2. The van der Waals surface area contributed by atoms with Crippen LogP contribution in [0.3, 0.4) is 0 Å². The van der Waals surface area contributed by atoms with E-state index in [1.54, 1.807) is 14.0 Å². The molecule has 0 radical (unpaired) electrons. The normalized spacial score (nSPS) is 13.1. The zero-order chi connectivity index (χ0) is 13.8. The monoisotopic (exact) mass is 269 g/mol. The van der Waals surface area contributed by atoms with Gasteiger partial charge in [0.1, 0.15) is 5.25 Å². The average molecular weight is 269 g/mol. The molecule has 1 aromatic rings. The van der Waals surface area contributed by atoms with Crippen LogP contribution in [0, 0.1) is 0 Å². The Balaban J connectivity index is 2.74. The van der Waals surface area contributed by atoms with Crippen LogP contribution in [0.5, 0.6) is 0 Å². The maximum atomic E-state index is 12.0. The smallest absolute Gasteiger partial charge is 0.240 e. The van der Waals surface area contributed by atoms with Crippen LogP contribution < -0.4 is 0 Å². The molecule has 0 fully saturated rings. The summed E-state index contributed by atoms with van der Waals surface area (Å²) in [6, 6.07) is 9.49. The van der Waals surface area contributed by atoms with Crippen LogP contribution in [0.4, 0.5) is 0 Å². The Labute approximate surface area is 109 Å². The maximum absolute atomic E-state index is 12.0. The van der Waals surface area contributed by atoms with Gasteiger partial charge in [-0.1, -0.05) is 37.3 Å². The van der Waals surface area contributed by atoms with Gasteiger partial charge in [0.05, 0.1) is 0 Å². The van der Waals surface area contributed by atoms with E-state index in [4.69, 9.17) is 0 Å². The number of hydrogen-bond acceptors (Lipinski definition) is 3. The quantitative estimate of drug-likeness (QED) is 0.813. The highest BCUT2D eigenvalue weighted by Crippen LogP contribution is 2.09. The van der Waals surface area contributed by atoms with E-state index in [1.807, 2.05) is 30.3 Å². The second kappa shape index (κ2) is 6.00. The average Bonchev–Trinajstić information content (AvgIpc) is 2.38. The number of sulfone groups is 1. The van der Waals surface area contributed by atoms with E-state index in [-0.39, 0.29) is 11.7 Å². The van der Waals surface area contributed by atoms with E-state index < -0.39 is 15.1 Å². The molecule has 0 aliphatic rings. The van der Waals surface area contributed by atoms with Crippen LogP contribution in [0.25, 0.3) is 0 Å². The topological polar surface area (TPSA) is 54.5 Å². The molecular weight excluding hydrogens is 250 g/mol. The van der Waals surface area contributed by atoms with Crippen LogP contribution >= 0.6 is 0 Å². The molecule has 1 unspecified atom stereocenters. The number of rotatable bonds is 5. The van der Waals surface area contributed by atoms with E-state index >= 15 is 0 Å². The molecule has 1 atom stereocenters. The molecule has 5 heteroatoms. The molecule has 0 aliphatic heterocycles. The summed E-state index contributed by atoms with van der Waals surface area (Å²) in [5.74, 6) is -0.375. The number of hydrogen-bond donors (Lipinski definition) is 0. The summed E-state index contributed by atoms with van der Waals surface area (Å²) >= 11 is 0. The van der Waals surface area contributed by atoms with Crippen molar-refractivity contribution in [3.8, 4) is 0 Å². The standard InChI is InChI=1S/C13H19NO3S/c1-4-18(16,17)11(2)13(15)14(3)10-12-8-6-5-7-9-12/h5-9,11H,4,10H2,1-3H3. The Morgan fingerprint density at radius 1 is 1.28 bits per heavy atom. The predicted octanol–water partition coefficient (Wildman–Crippen LogP) is 1.47. The summed E-state index contributed by atoms with van der Waals surface area (Å²) in [4.78, 5) is 13.5. The molecule has 0 N–H and O–H groups in total. The van der Waals surface area contributed by atoms with Crippen molar-refractivity contribution in [2.45, 2.75) is 25.6 Å². The summed E-state index contributed by atoms with van der Waals surface area (Å²) in [6.07, 6.45) is 0. The van der Waals surface area contributed by atoms with E-state index in [2.05, 4.69) is 0 Å². The molecule has 0 spiro atoms. The van der Waals surface area contributed by atoms with Crippen LogP contribution in [0.2, 0.25) is 0 Å². The number of benzene rings is 1. The number of carbonyl (C=O) groups is 1. The van der Waals surface area contributed by atoms with Crippen molar-refractivity contribution in [3.05, 3.63) is 35.9 Å². The third kappa shape index (κ3) is 3.57. The van der Waals surface area contributed by atoms with E-state index in [0.29, 0.717) is 6.54 Å². The Hall–Kier alpha value is -1.36. The van der Waals surface area contributed by atoms with Crippen molar-refractivity contribution in [3.63, 3.8) is 0 Å². The minimum absolute atomic E-state index is 0.0148. The van der Waals surface area contributed by atoms with Crippen molar-refractivity contribution in [2.75, 3.05) is 12.8 Å². The lowest BCUT2D eigenvalue weighted by molar-refractivity contribution is -0.129. The van der Waals surface area contributed by atoms with E-state index in [0.717, 1.165) is 5.56 Å². The zero-order valence-corrected chi connectivity index (χ0v) is 11.8. The van der Waals surface area contributed by atoms with Gasteiger partial charge in [-0.3, -0.25) is 4.79 Å². The summed E-state index contributed by atoms with van der Waals surface area (Å²) < 4.78 is 23.3. The van der Waals surface area contributed by atoms with Crippen molar-refractivity contribution in [1.29, 1.82) is 0 Å². The van der Waals surface area contributed by atoms with Gasteiger partial charge in [0, 0.05) is 19.3 Å². The number of carbonyl (C=O) groups excluding carboxylic acids is 1. The first kappa shape index (κ1) is 14.7. The number of amides is 1. The summed E-state index contributed by atoms with van der Waals surface area (Å²) in [6.45, 7) is 3.42. The van der Waals surface area contributed by atoms with E-state index in [1.165, 1.54) is 11.8 Å². The molecule has 0 saturated carbocycles. The molecule has 1 rings (SSSR count). The Morgan fingerprint density at radius 2 is 1.83 bits per heavy atom. The number of nitrogens with zero attached hydrogens (tertiary/aromatic N) is 1. The Morgan fingerprint density at radius 3 is 2.33 bits per heavy atom. The second-order valence-electron chi connectivity index (χ2n) is 4.27. The summed E-state index contributed by atoms with van der Waals surface area (Å²) in [5.41, 5.74) is 0.981. The lowest BCUT2D eigenvalue weighted by Crippen LogP contribution is -2.39. The highest BCUT2D eigenvalue weighted by molar-refractivity contribution is 7.92. The molecule has 18 heavy (non-hydrogen) atoms. The minimum atomic E-state index is -3.33. The fourth-order valence-electron chi connectivity index (χ4n) is 1.65. The third-order valence-electron chi connectivity index (χ3n) is 2.93. The van der Waals surface area contributed by atoms with Gasteiger partial charge in [0.15, 0.2) is 9.84 Å². The van der Waals surface area contributed by atoms with Crippen molar-refractivity contribution in [2.24, 2.45) is 0 Å². The molecule has 0 aliphatic carbocycles. The predicted molar refractivity (Wildman–Crippen MR) is 71.8 cm³/mol. The van der Waals surface area contributed by atoms with Gasteiger partial charge in [0.25, 0.3) is 0 Å². The van der Waals surface area contributed by atoms with Crippen LogP contribution in [-0.2, 0) is 21.2 Å². The first-order valence-corrected chi connectivity index (χ1v) is 7.60. The van der Waals surface area contributed by atoms with Crippen LogP contribution in [-0.4, -0.2) is 37.3 Å². The first-order valence-electron chi connectivity index (χ1n) is 5.89. The molecule has 0 aromatic heterocycles. The minimum Gasteiger partial charge on any atom is -0.340 e. The fourth-order valence-corrected chi connectivity index (χ4v) is 2.64. The molecule has 0 heterocycles. The highest BCUT2D eigenvalue weighted by atomic mass is 32.2. The molecule has 1 aromatic carbocycles. The molecule has 100 valence electrons. The molecule has 0 saturated heterocycles. The largest absolute Gasteiger partial charge is 0.340 e. The van der Waals surface area contributed by atoms with Gasteiger partial charge in [-0.05, 0) is 12.5 Å². The van der Waals surface area contributed by atoms with Crippen molar-refractivity contribution >= 4 is 15.7 Å². The molecule has 4 nitrogen and oxygen atoms in total. The van der Waals surface area contributed by atoms with Crippen LogP contribution in [0.1, 0.15) is 19.4 Å². The summed E-state index contributed by atoms with van der Waals surface area (Å²) in [5, 5.41) is -0.976. The van der Waals surface area contributed by atoms with Crippen molar-refractivity contribution < 1.29 is 13.2 Å². The molecule has 0 bridgehead atoms. The van der Waals surface area contributed by atoms with Gasteiger partial charge in [-0.15, -0.1) is 0 Å². The SMILES string of the molecule is CCS(=O)(=O)C(C)C(=O)N(C)Cc1ccccc1. The van der Waals surface area contributed by atoms with Gasteiger partial charge in [0.2, 0.25) is 5.91 Å². The van der Waals surface area contributed by atoms with Gasteiger partial charge >= 0.3 is 0 Å². The van der Waals surface area contributed by atoms with Gasteiger partial charge in [-0.25, -0.2) is 8.42 Å².